The second kappa shape index (κ2) is 7.22. The van der Waals surface area contributed by atoms with Gasteiger partial charge in [0, 0.05) is 0 Å². The minimum absolute atomic E-state index is 0.544. The van der Waals surface area contributed by atoms with Crippen molar-refractivity contribution < 1.29 is 9.47 Å². The standard InChI is InChI=1S/C22H22O2/c1-16(2)11-12-24-22-15-20-13-18(17-7-5-4-6-8-17)9-10-19(20)14-21(22)23-3/h4-11,13-15H,12H2,1-3H3. The van der Waals surface area contributed by atoms with Gasteiger partial charge in [-0.25, -0.2) is 0 Å². The molecule has 0 atom stereocenters. The summed E-state index contributed by atoms with van der Waals surface area (Å²) >= 11 is 0. The minimum Gasteiger partial charge on any atom is -0.493 e. The van der Waals surface area contributed by atoms with Crippen LogP contribution in [-0.4, -0.2) is 13.7 Å². The molecule has 0 fully saturated rings. The maximum atomic E-state index is 5.89. The molecule has 0 aliphatic heterocycles. The van der Waals surface area contributed by atoms with Gasteiger partial charge in [0.25, 0.3) is 0 Å². The molecule has 3 aromatic rings. The average Bonchev–Trinajstić information content (AvgIpc) is 2.61. The summed E-state index contributed by atoms with van der Waals surface area (Å²) in [6, 6.07) is 20.9. The Labute approximate surface area is 143 Å². The van der Waals surface area contributed by atoms with Crippen molar-refractivity contribution in [3.8, 4) is 22.6 Å². The lowest BCUT2D eigenvalue weighted by Gasteiger charge is -2.12. The van der Waals surface area contributed by atoms with Crippen LogP contribution in [0.1, 0.15) is 13.8 Å². The smallest absolute Gasteiger partial charge is 0.162 e. The van der Waals surface area contributed by atoms with E-state index in [2.05, 4.69) is 68.5 Å². The molecule has 0 saturated carbocycles. The molecule has 0 aliphatic carbocycles. The third-order valence-corrected chi connectivity index (χ3v) is 3.96. The van der Waals surface area contributed by atoms with E-state index in [9.17, 15) is 0 Å². The van der Waals surface area contributed by atoms with Crippen LogP contribution < -0.4 is 9.47 Å². The maximum absolute atomic E-state index is 5.89. The molecule has 0 unspecified atom stereocenters. The van der Waals surface area contributed by atoms with Gasteiger partial charge >= 0.3 is 0 Å². The Morgan fingerprint density at radius 2 is 1.58 bits per heavy atom. The zero-order valence-electron chi connectivity index (χ0n) is 14.4. The van der Waals surface area contributed by atoms with Crippen LogP contribution in [0.2, 0.25) is 0 Å². The fourth-order valence-corrected chi connectivity index (χ4v) is 2.64. The van der Waals surface area contributed by atoms with Gasteiger partial charge in [-0.1, -0.05) is 48.0 Å². The normalized spacial score (nSPS) is 10.5. The quantitative estimate of drug-likeness (QED) is 0.548. The highest BCUT2D eigenvalue weighted by molar-refractivity contribution is 5.90. The molecule has 122 valence electrons. The largest absolute Gasteiger partial charge is 0.493 e. The molecular weight excluding hydrogens is 296 g/mol. The highest BCUT2D eigenvalue weighted by Gasteiger charge is 2.08. The van der Waals surface area contributed by atoms with Crippen molar-refractivity contribution in [3.63, 3.8) is 0 Å². The van der Waals surface area contributed by atoms with Crippen LogP contribution in [0.5, 0.6) is 11.5 Å². The molecular formula is C22H22O2. The van der Waals surface area contributed by atoms with E-state index in [-0.39, 0.29) is 0 Å². The lowest BCUT2D eigenvalue weighted by atomic mass is 10.0. The van der Waals surface area contributed by atoms with E-state index in [0.717, 1.165) is 22.3 Å². The Balaban J connectivity index is 2.00. The molecule has 0 aromatic heterocycles. The monoisotopic (exact) mass is 318 g/mol. The number of hydrogen-bond donors (Lipinski definition) is 0. The number of ether oxygens (including phenoxy) is 2. The summed E-state index contributed by atoms with van der Waals surface area (Å²) in [7, 11) is 1.67. The Bertz CT molecular complexity index is 860. The number of rotatable bonds is 5. The van der Waals surface area contributed by atoms with E-state index >= 15 is 0 Å². The van der Waals surface area contributed by atoms with Gasteiger partial charge in [-0.15, -0.1) is 0 Å². The van der Waals surface area contributed by atoms with E-state index in [1.54, 1.807) is 7.11 Å². The van der Waals surface area contributed by atoms with E-state index in [0.29, 0.717) is 6.61 Å². The van der Waals surface area contributed by atoms with Crippen LogP contribution >= 0.6 is 0 Å². The van der Waals surface area contributed by atoms with Crippen LogP contribution in [-0.2, 0) is 0 Å². The second-order valence-electron chi connectivity index (χ2n) is 6.02. The zero-order chi connectivity index (χ0) is 16.9. The Hall–Kier alpha value is -2.74. The van der Waals surface area contributed by atoms with Crippen LogP contribution in [0, 0.1) is 0 Å². The van der Waals surface area contributed by atoms with Gasteiger partial charge in [0.15, 0.2) is 11.5 Å². The topological polar surface area (TPSA) is 18.5 Å². The third-order valence-electron chi connectivity index (χ3n) is 3.96. The van der Waals surface area contributed by atoms with Gasteiger partial charge in [-0.2, -0.15) is 0 Å². The van der Waals surface area contributed by atoms with E-state index in [1.165, 1.54) is 16.7 Å². The van der Waals surface area contributed by atoms with Crippen LogP contribution in [0.25, 0.3) is 21.9 Å². The fourth-order valence-electron chi connectivity index (χ4n) is 2.64. The molecule has 2 heteroatoms. The Morgan fingerprint density at radius 3 is 2.29 bits per heavy atom. The Morgan fingerprint density at radius 1 is 0.833 bits per heavy atom. The highest BCUT2D eigenvalue weighted by atomic mass is 16.5. The molecule has 0 N–H and O–H groups in total. The van der Waals surface area contributed by atoms with Crippen LogP contribution in [0.15, 0.2) is 72.3 Å². The van der Waals surface area contributed by atoms with Gasteiger partial charge in [-0.3, -0.25) is 0 Å². The predicted molar refractivity (Wildman–Crippen MR) is 101 cm³/mol. The lowest BCUT2D eigenvalue weighted by Crippen LogP contribution is -1.97. The summed E-state index contributed by atoms with van der Waals surface area (Å²) in [5.74, 6) is 1.53. The molecule has 2 nitrogen and oxygen atoms in total. The number of methoxy groups -OCH3 is 1. The first-order valence-corrected chi connectivity index (χ1v) is 8.11. The van der Waals surface area contributed by atoms with Gasteiger partial charge in [0.05, 0.1) is 7.11 Å². The molecule has 0 bridgehead atoms. The number of benzene rings is 3. The molecule has 0 heterocycles. The highest BCUT2D eigenvalue weighted by Crippen LogP contribution is 2.34. The summed E-state index contributed by atoms with van der Waals surface area (Å²) < 4.78 is 11.4. The van der Waals surface area contributed by atoms with E-state index in [1.807, 2.05) is 12.1 Å². The fraction of sp³-hybridized carbons (Fsp3) is 0.182. The first-order chi connectivity index (χ1) is 11.7. The van der Waals surface area contributed by atoms with Crippen molar-refractivity contribution in [2.45, 2.75) is 13.8 Å². The first-order valence-electron chi connectivity index (χ1n) is 8.11. The van der Waals surface area contributed by atoms with Crippen molar-refractivity contribution >= 4 is 10.8 Å². The predicted octanol–water partition coefficient (Wildman–Crippen LogP) is 5.86. The van der Waals surface area contributed by atoms with Crippen LogP contribution in [0.4, 0.5) is 0 Å². The van der Waals surface area contributed by atoms with Gasteiger partial charge in [0.2, 0.25) is 0 Å². The van der Waals surface area contributed by atoms with Crippen molar-refractivity contribution in [1.82, 2.24) is 0 Å². The lowest BCUT2D eigenvalue weighted by molar-refractivity contribution is 0.326. The van der Waals surface area contributed by atoms with Crippen molar-refractivity contribution in [3.05, 3.63) is 72.3 Å². The third kappa shape index (κ3) is 3.60. The number of allylic oxidation sites excluding steroid dienone is 1. The maximum Gasteiger partial charge on any atom is 0.162 e. The van der Waals surface area contributed by atoms with Crippen molar-refractivity contribution in [2.24, 2.45) is 0 Å². The molecule has 0 spiro atoms. The molecule has 0 aliphatic rings. The molecule has 3 aromatic carbocycles. The molecule has 0 amide bonds. The van der Waals surface area contributed by atoms with E-state index < -0.39 is 0 Å². The van der Waals surface area contributed by atoms with Gasteiger partial charge in [-0.05, 0) is 60.0 Å². The summed E-state index contributed by atoms with van der Waals surface area (Å²) in [5, 5.41) is 2.28. The SMILES string of the molecule is COc1cc2ccc(-c3ccccc3)cc2cc1OCC=C(C)C. The van der Waals surface area contributed by atoms with Crippen LogP contribution in [0.3, 0.4) is 0 Å². The Kier molecular flexibility index (Phi) is 4.85. The zero-order valence-corrected chi connectivity index (χ0v) is 14.4. The summed E-state index contributed by atoms with van der Waals surface area (Å²) in [6.45, 7) is 4.67. The summed E-state index contributed by atoms with van der Waals surface area (Å²) in [6.07, 6.45) is 2.06. The molecule has 0 saturated heterocycles. The second-order valence-corrected chi connectivity index (χ2v) is 6.02. The summed E-state index contributed by atoms with van der Waals surface area (Å²) in [5.41, 5.74) is 3.65. The van der Waals surface area contributed by atoms with Crippen molar-refractivity contribution in [1.29, 1.82) is 0 Å². The van der Waals surface area contributed by atoms with Crippen molar-refractivity contribution in [2.75, 3.05) is 13.7 Å². The van der Waals surface area contributed by atoms with Gasteiger partial charge < -0.3 is 9.47 Å². The minimum atomic E-state index is 0.544. The first kappa shape index (κ1) is 16.1. The molecule has 0 radical (unpaired) electrons. The average molecular weight is 318 g/mol. The summed E-state index contributed by atoms with van der Waals surface area (Å²) in [4.78, 5) is 0. The van der Waals surface area contributed by atoms with Gasteiger partial charge in [0.1, 0.15) is 6.61 Å². The number of fused-ring (bicyclic) bond motifs is 1. The number of hydrogen-bond acceptors (Lipinski definition) is 2. The molecule has 24 heavy (non-hydrogen) atoms. The van der Waals surface area contributed by atoms with E-state index in [4.69, 9.17) is 9.47 Å². The molecule has 3 rings (SSSR count).